The maximum Gasteiger partial charge on any atom is 0.394 e. The van der Waals surface area contributed by atoms with Gasteiger partial charge in [0.1, 0.15) is 0 Å². The number of hydrogen-bond acceptors (Lipinski definition) is 3. The Bertz CT molecular complexity index is 367. The first-order valence-corrected chi connectivity index (χ1v) is 5.94. The first-order chi connectivity index (χ1) is 8.55. The first kappa shape index (κ1) is 13.3. The van der Waals surface area contributed by atoms with Gasteiger partial charge in [0.05, 0.1) is 5.92 Å². The Balaban J connectivity index is 1.99. The van der Waals surface area contributed by atoms with E-state index in [0.717, 1.165) is 5.56 Å². The standard InChI is InChI=1S/C12H16F3N3/c13-12(14,15)11-7-17-4-5-18(9-11)8-10-2-1-3-16-6-10/h1-3,6,11,17H,4-5,7-9H2. The predicted molar refractivity (Wildman–Crippen MR) is 61.9 cm³/mol. The number of aromatic nitrogens is 1. The van der Waals surface area contributed by atoms with Crippen LogP contribution in [0.15, 0.2) is 24.5 Å². The van der Waals surface area contributed by atoms with Crippen molar-refractivity contribution in [3.8, 4) is 0 Å². The van der Waals surface area contributed by atoms with E-state index < -0.39 is 12.1 Å². The molecule has 6 heteroatoms. The van der Waals surface area contributed by atoms with Crippen LogP contribution in [0.1, 0.15) is 5.56 Å². The van der Waals surface area contributed by atoms with Gasteiger partial charge in [-0.05, 0) is 11.6 Å². The number of nitrogens with one attached hydrogen (secondary N) is 1. The molecule has 1 aromatic heterocycles. The van der Waals surface area contributed by atoms with Crippen molar-refractivity contribution < 1.29 is 13.2 Å². The Labute approximate surface area is 104 Å². The topological polar surface area (TPSA) is 28.2 Å². The van der Waals surface area contributed by atoms with E-state index in [4.69, 9.17) is 0 Å². The zero-order valence-corrected chi connectivity index (χ0v) is 9.95. The quantitative estimate of drug-likeness (QED) is 0.875. The van der Waals surface area contributed by atoms with Gasteiger partial charge in [-0.3, -0.25) is 9.88 Å². The summed E-state index contributed by atoms with van der Waals surface area (Å²) in [4.78, 5) is 5.81. The van der Waals surface area contributed by atoms with Gasteiger partial charge in [0.25, 0.3) is 0 Å². The largest absolute Gasteiger partial charge is 0.394 e. The molecular formula is C12H16F3N3. The highest BCUT2D eigenvalue weighted by Gasteiger charge is 2.40. The molecule has 1 atom stereocenters. The number of alkyl halides is 3. The van der Waals surface area contributed by atoms with Gasteiger partial charge in [-0.2, -0.15) is 13.2 Å². The second-order valence-electron chi connectivity index (χ2n) is 4.54. The molecule has 0 aromatic carbocycles. The van der Waals surface area contributed by atoms with Crippen molar-refractivity contribution in [1.29, 1.82) is 0 Å². The molecule has 100 valence electrons. The fraction of sp³-hybridized carbons (Fsp3) is 0.583. The third kappa shape index (κ3) is 3.68. The van der Waals surface area contributed by atoms with Crippen molar-refractivity contribution >= 4 is 0 Å². The predicted octanol–water partition coefficient (Wildman–Crippen LogP) is 1.67. The molecule has 2 rings (SSSR count). The van der Waals surface area contributed by atoms with E-state index in [1.807, 2.05) is 11.0 Å². The second kappa shape index (κ2) is 5.67. The van der Waals surface area contributed by atoms with Gasteiger partial charge >= 0.3 is 6.18 Å². The van der Waals surface area contributed by atoms with Gasteiger partial charge in [-0.25, -0.2) is 0 Å². The summed E-state index contributed by atoms with van der Waals surface area (Å²) < 4.78 is 38.3. The van der Waals surface area contributed by atoms with Crippen molar-refractivity contribution in [2.75, 3.05) is 26.2 Å². The maximum atomic E-state index is 12.8. The van der Waals surface area contributed by atoms with E-state index in [2.05, 4.69) is 10.3 Å². The summed E-state index contributed by atoms with van der Waals surface area (Å²) in [5.74, 6) is -1.29. The van der Waals surface area contributed by atoms with Gasteiger partial charge in [0.15, 0.2) is 0 Å². The third-order valence-corrected chi connectivity index (χ3v) is 3.07. The molecule has 1 N–H and O–H groups in total. The number of rotatable bonds is 2. The molecule has 1 fully saturated rings. The van der Waals surface area contributed by atoms with Crippen molar-refractivity contribution in [3.05, 3.63) is 30.1 Å². The van der Waals surface area contributed by atoms with E-state index in [0.29, 0.717) is 19.6 Å². The van der Waals surface area contributed by atoms with Crippen LogP contribution < -0.4 is 5.32 Å². The molecule has 18 heavy (non-hydrogen) atoms. The lowest BCUT2D eigenvalue weighted by atomic mass is 10.1. The van der Waals surface area contributed by atoms with E-state index in [9.17, 15) is 13.2 Å². The molecule has 0 saturated carbocycles. The second-order valence-corrected chi connectivity index (χ2v) is 4.54. The zero-order valence-electron chi connectivity index (χ0n) is 9.95. The highest BCUT2D eigenvalue weighted by molar-refractivity contribution is 5.08. The lowest BCUT2D eigenvalue weighted by Gasteiger charge is -2.25. The molecule has 1 aliphatic rings. The van der Waals surface area contributed by atoms with E-state index >= 15 is 0 Å². The summed E-state index contributed by atoms with van der Waals surface area (Å²) in [5, 5.41) is 2.84. The van der Waals surface area contributed by atoms with Crippen molar-refractivity contribution in [2.45, 2.75) is 12.7 Å². The summed E-state index contributed by atoms with van der Waals surface area (Å²) in [6, 6.07) is 3.68. The van der Waals surface area contributed by atoms with Gasteiger partial charge in [-0.15, -0.1) is 0 Å². The Morgan fingerprint density at radius 1 is 1.44 bits per heavy atom. The van der Waals surface area contributed by atoms with Gasteiger partial charge < -0.3 is 5.32 Å². The smallest absolute Gasteiger partial charge is 0.315 e. The van der Waals surface area contributed by atoms with Crippen LogP contribution in [0, 0.1) is 5.92 Å². The molecule has 0 radical (unpaired) electrons. The zero-order chi connectivity index (χ0) is 13.0. The van der Waals surface area contributed by atoms with Gasteiger partial charge in [0.2, 0.25) is 0 Å². The lowest BCUT2D eigenvalue weighted by Crippen LogP contribution is -2.37. The van der Waals surface area contributed by atoms with Gasteiger partial charge in [0, 0.05) is 45.1 Å². The van der Waals surface area contributed by atoms with Crippen LogP contribution in [0.4, 0.5) is 13.2 Å². The number of hydrogen-bond donors (Lipinski definition) is 1. The van der Waals surface area contributed by atoms with E-state index in [1.165, 1.54) is 0 Å². The van der Waals surface area contributed by atoms with Crippen molar-refractivity contribution in [1.82, 2.24) is 15.2 Å². The Hall–Kier alpha value is -1.14. The number of halogens is 3. The van der Waals surface area contributed by atoms with Crippen LogP contribution in [-0.4, -0.2) is 42.2 Å². The molecule has 1 aliphatic heterocycles. The lowest BCUT2D eigenvalue weighted by molar-refractivity contribution is -0.176. The molecule has 1 saturated heterocycles. The fourth-order valence-electron chi connectivity index (χ4n) is 2.09. The van der Waals surface area contributed by atoms with Crippen LogP contribution in [0.25, 0.3) is 0 Å². The first-order valence-electron chi connectivity index (χ1n) is 5.94. The van der Waals surface area contributed by atoms with E-state index in [-0.39, 0.29) is 13.1 Å². The molecule has 0 aliphatic carbocycles. The highest BCUT2D eigenvalue weighted by Crippen LogP contribution is 2.27. The number of pyridine rings is 1. The molecule has 0 spiro atoms. The van der Waals surface area contributed by atoms with Crippen molar-refractivity contribution in [3.63, 3.8) is 0 Å². The average molecular weight is 259 g/mol. The molecule has 1 unspecified atom stereocenters. The summed E-state index contributed by atoms with van der Waals surface area (Å²) in [6.45, 7) is 1.79. The SMILES string of the molecule is FC(F)(F)C1CNCCN(Cc2cccnc2)C1. The monoisotopic (exact) mass is 259 g/mol. The van der Waals surface area contributed by atoms with Crippen LogP contribution in [0.2, 0.25) is 0 Å². The minimum Gasteiger partial charge on any atom is -0.315 e. The summed E-state index contributed by atoms with van der Waals surface area (Å²) in [7, 11) is 0. The average Bonchev–Trinajstić information content (AvgIpc) is 2.55. The fourth-order valence-corrected chi connectivity index (χ4v) is 2.09. The molecule has 0 amide bonds. The Kier molecular flexibility index (Phi) is 4.19. The van der Waals surface area contributed by atoms with E-state index in [1.54, 1.807) is 18.5 Å². The minimum atomic E-state index is -4.13. The third-order valence-electron chi connectivity index (χ3n) is 3.07. The highest BCUT2D eigenvalue weighted by atomic mass is 19.4. The molecular weight excluding hydrogens is 243 g/mol. The summed E-state index contributed by atoms with van der Waals surface area (Å²) in [6.07, 6.45) is -0.780. The Morgan fingerprint density at radius 3 is 2.94 bits per heavy atom. The molecule has 3 nitrogen and oxygen atoms in total. The molecule has 0 bridgehead atoms. The maximum absolute atomic E-state index is 12.8. The minimum absolute atomic E-state index is 0.00698. The van der Waals surface area contributed by atoms with Crippen LogP contribution in [0.5, 0.6) is 0 Å². The van der Waals surface area contributed by atoms with Crippen LogP contribution in [0.3, 0.4) is 0 Å². The summed E-state index contributed by atoms with van der Waals surface area (Å²) >= 11 is 0. The Morgan fingerprint density at radius 2 is 2.28 bits per heavy atom. The summed E-state index contributed by atoms with van der Waals surface area (Å²) in [5.41, 5.74) is 0.945. The van der Waals surface area contributed by atoms with Crippen LogP contribution >= 0.6 is 0 Å². The molecule has 2 heterocycles. The van der Waals surface area contributed by atoms with Crippen LogP contribution in [-0.2, 0) is 6.54 Å². The van der Waals surface area contributed by atoms with Gasteiger partial charge in [-0.1, -0.05) is 6.07 Å². The van der Waals surface area contributed by atoms with Crippen molar-refractivity contribution in [2.24, 2.45) is 5.92 Å². The number of nitrogens with zero attached hydrogens (tertiary/aromatic N) is 2. The normalized spacial score (nSPS) is 22.7. The molecule has 1 aromatic rings.